The van der Waals surface area contributed by atoms with E-state index in [1.165, 1.54) is 24.1 Å². The Kier molecular flexibility index (Phi) is 4.41. The van der Waals surface area contributed by atoms with Crippen LogP contribution in [0.4, 0.5) is 5.82 Å². The van der Waals surface area contributed by atoms with Gasteiger partial charge < -0.3 is 5.32 Å². The molecule has 0 atom stereocenters. The molecular weight excluding hydrogens is 324 g/mol. The smallest absolute Gasteiger partial charge is 0.153 e. The lowest BCUT2D eigenvalue weighted by atomic mass is 9.96. The lowest BCUT2D eigenvalue weighted by molar-refractivity contribution is 0.659. The molecule has 1 aliphatic carbocycles. The van der Waals surface area contributed by atoms with E-state index in [1.54, 1.807) is 0 Å². The van der Waals surface area contributed by atoms with Gasteiger partial charge in [-0.15, -0.1) is 0 Å². The number of pyridine rings is 1. The summed E-state index contributed by atoms with van der Waals surface area (Å²) in [5.74, 6) is 2.66. The molecule has 0 unspecified atom stereocenters. The van der Waals surface area contributed by atoms with Gasteiger partial charge in [-0.2, -0.15) is 5.10 Å². The van der Waals surface area contributed by atoms with Gasteiger partial charge in [-0.05, 0) is 64.2 Å². The van der Waals surface area contributed by atoms with Gasteiger partial charge in [0, 0.05) is 29.7 Å². The van der Waals surface area contributed by atoms with Crippen molar-refractivity contribution in [2.24, 2.45) is 0 Å². The molecule has 4 rings (SSSR count). The van der Waals surface area contributed by atoms with E-state index in [0.29, 0.717) is 6.54 Å². The zero-order valence-electron chi connectivity index (χ0n) is 15.6. The van der Waals surface area contributed by atoms with Crippen molar-refractivity contribution in [2.75, 3.05) is 5.32 Å². The van der Waals surface area contributed by atoms with Gasteiger partial charge in [0.15, 0.2) is 5.82 Å². The highest BCUT2D eigenvalue weighted by atomic mass is 15.3. The van der Waals surface area contributed by atoms with E-state index in [4.69, 9.17) is 0 Å². The Morgan fingerprint density at radius 2 is 1.92 bits per heavy atom. The maximum atomic E-state index is 4.62. The first-order valence-corrected chi connectivity index (χ1v) is 9.19. The molecule has 3 aromatic rings. The van der Waals surface area contributed by atoms with E-state index < -0.39 is 0 Å². The quantitative estimate of drug-likeness (QED) is 0.782. The minimum atomic E-state index is 0.702. The fraction of sp³-hybridized carbons (Fsp3) is 0.400. The van der Waals surface area contributed by atoms with Crippen molar-refractivity contribution in [3.63, 3.8) is 0 Å². The molecule has 1 N–H and O–H groups in total. The zero-order chi connectivity index (χ0) is 18.1. The molecule has 26 heavy (non-hydrogen) atoms. The summed E-state index contributed by atoms with van der Waals surface area (Å²) in [5, 5.41) is 7.97. The van der Waals surface area contributed by atoms with Gasteiger partial charge in [0.2, 0.25) is 0 Å². The van der Waals surface area contributed by atoms with E-state index in [9.17, 15) is 0 Å². The summed E-state index contributed by atoms with van der Waals surface area (Å²) >= 11 is 0. The molecule has 0 amide bonds. The first-order valence-electron chi connectivity index (χ1n) is 9.19. The highest BCUT2D eigenvalue weighted by Crippen LogP contribution is 2.25. The third kappa shape index (κ3) is 3.31. The van der Waals surface area contributed by atoms with Crippen molar-refractivity contribution >= 4 is 5.82 Å². The monoisotopic (exact) mass is 348 g/mol. The minimum absolute atomic E-state index is 0.702. The number of rotatable bonds is 4. The molecule has 134 valence electrons. The second kappa shape index (κ2) is 6.86. The molecule has 1 aliphatic rings. The highest BCUT2D eigenvalue weighted by molar-refractivity contribution is 5.48. The molecule has 3 heterocycles. The lowest BCUT2D eigenvalue weighted by Crippen LogP contribution is -2.14. The summed E-state index contributed by atoms with van der Waals surface area (Å²) in [7, 11) is 0. The van der Waals surface area contributed by atoms with Crippen LogP contribution >= 0.6 is 0 Å². The summed E-state index contributed by atoms with van der Waals surface area (Å²) in [5.41, 5.74) is 5.71. The first-order chi connectivity index (χ1) is 12.6. The van der Waals surface area contributed by atoms with E-state index in [2.05, 4.69) is 37.5 Å². The summed E-state index contributed by atoms with van der Waals surface area (Å²) in [6, 6.07) is 6.15. The average molecular weight is 348 g/mol. The molecule has 0 saturated heterocycles. The topological polar surface area (TPSA) is 68.5 Å². The Balaban J connectivity index is 1.50. The molecule has 6 nitrogen and oxygen atoms in total. The Morgan fingerprint density at radius 1 is 1.08 bits per heavy atom. The van der Waals surface area contributed by atoms with Gasteiger partial charge in [0.1, 0.15) is 11.6 Å². The molecule has 0 aromatic carbocycles. The molecule has 0 saturated carbocycles. The van der Waals surface area contributed by atoms with Crippen LogP contribution in [-0.4, -0.2) is 24.7 Å². The van der Waals surface area contributed by atoms with Gasteiger partial charge in [-0.1, -0.05) is 6.07 Å². The Morgan fingerprint density at radius 3 is 2.65 bits per heavy atom. The number of hydrogen-bond acceptors (Lipinski definition) is 5. The van der Waals surface area contributed by atoms with Crippen molar-refractivity contribution < 1.29 is 0 Å². The van der Waals surface area contributed by atoms with E-state index in [1.807, 2.05) is 37.7 Å². The van der Waals surface area contributed by atoms with Gasteiger partial charge in [0.05, 0.1) is 5.69 Å². The van der Waals surface area contributed by atoms with Crippen LogP contribution in [0.3, 0.4) is 0 Å². The zero-order valence-corrected chi connectivity index (χ0v) is 15.6. The summed E-state index contributed by atoms with van der Waals surface area (Å²) < 4.78 is 1.87. The molecule has 0 bridgehead atoms. The Hall–Kier alpha value is -2.76. The fourth-order valence-corrected chi connectivity index (χ4v) is 3.56. The molecule has 6 heteroatoms. The van der Waals surface area contributed by atoms with E-state index >= 15 is 0 Å². The molecule has 0 spiro atoms. The van der Waals surface area contributed by atoms with E-state index in [-0.39, 0.29) is 0 Å². The van der Waals surface area contributed by atoms with Gasteiger partial charge in [-0.3, -0.25) is 0 Å². The van der Waals surface area contributed by atoms with Gasteiger partial charge in [0.25, 0.3) is 0 Å². The van der Waals surface area contributed by atoms with Crippen molar-refractivity contribution in [3.8, 4) is 5.82 Å². The predicted molar refractivity (Wildman–Crippen MR) is 102 cm³/mol. The van der Waals surface area contributed by atoms with Crippen LogP contribution in [0.5, 0.6) is 0 Å². The number of nitrogens with one attached hydrogen (secondary N) is 1. The van der Waals surface area contributed by atoms with Crippen molar-refractivity contribution in [3.05, 3.63) is 58.4 Å². The van der Waals surface area contributed by atoms with Crippen LogP contribution in [0.15, 0.2) is 24.4 Å². The minimum Gasteiger partial charge on any atom is -0.366 e. The van der Waals surface area contributed by atoms with Gasteiger partial charge >= 0.3 is 0 Å². The molecule has 0 fully saturated rings. The molecule has 3 aromatic heterocycles. The summed E-state index contributed by atoms with van der Waals surface area (Å²) in [4.78, 5) is 13.8. The number of aromatic nitrogens is 5. The molecule has 0 radical (unpaired) electrons. The van der Waals surface area contributed by atoms with Crippen LogP contribution in [0, 0.1) is 20.8 Å². The maximum absolute atomic E-state index is 4.62. The summed E-state index contributed by atoms with van der Waals surface area (Å²) in [6.07, 6.45) is 6.46. The Bertz CT molecular complexity index is 926. The number of anilines is 1. The average Bonchev–Trinajstić information content (AvgIpc) is 2.98. The lowest BCUT2D eigenvalue weighted by Gasteiger charge is -2.19. The number of nitrogens with zero attached hydrogens (tertiary/aromatic N) is 5. The number of aryl methyl sites for hydroxylation is 4. The highest BCUT2D eigenvalue weighted by Gasteiger charge is 2.16. The van der Waals surface area contributed by atoms with Crippen LogP contribution < -0.4 is 5.32 Å². The second-order valence-corrected chi connectivity index (χ2v) is 6.97. The maximum Gasteiger partial charge on any atom is 0.153 e. The third-order valence-electron chi connectivity index (χ3n) is 4.79. The number of fused-ring (bicyclic) bond motifs is 1. The predicted octanol–water partition coefficient (Wildman–Crippen LogP) is 3.47. The van der Waals surface area contributed by atoms with Crippen LogP contribution in [0.25, 0.3) is 5.82 Å². The fourth-order valence-electron chi connectivity index (χ4n) is 3.56. The molecular formula is C20H24N6. The normalized spacial score (nSPS) is 13.5. The van der Waals surface area contributed by atoms with Crippen molar-refractivity contribution in [1.29, 1.82) is 0 Å². The van der Waals surface area contributed by atoms with E-state index in [0.717, 1.165) is 47.3 Å². The largest absolute Gasteiger partial charge is 0.366 e. The van der Waals surface area contributed by atoms with Crippen molar-refractivity contribution in [1.82, 2.24) is 24.7 Å². The SMILES string of the molecule is Cc1cc(C)n(-c2ccc(CNc3nc(C)nc4c3CCCC4)cn2)n1. The van der Waals surface area contributed by atoms with Gasteiger partial charge in [-0.25, -0.2) is 19.6 Å². The van der Waals surface area contributed by atoms with Crippen LogP contribution in [0.1, 0.15) is 46.9 Å². The van der Waals surface area contributed by atoms with Crippen LogP contribution in [0.2, 0.25) is 0 Å². The second-order valence-electron chi connectivity index (χ2n) is 6.97. The number of hydrogen-bond donors (Lipinski definition) is 1. The Labute approximate surface area is 153 Å². The van der Waals surface area contributed by atoms with Crippen LogP contribution in [-0.2, 0) is 19.4 Å². The summed E-state index contributed by atoms with van der Waals surface area (Å²) in [6.45, 7) is 6.70. The standard InChI is InChI=1S/C20H24N6/c1-13-10-14(2)26(25-13)19-9-8-16(11-21-19)12-22-20-17-6-4-5-7-18(17)23-15(3)24-20/h8-11H,4-7,12H2,1-3H3,(H,22,23,24). The molecule has 0 aliphatic heterocycles. The van der Waals surface area contributed by atoms with Crippen molar-refractivity contribution in [2.45, 2.75) is 53.0 Å². The first kappa shape index (κ1) is 16.7. The third-order valence-corrected chi connectivity index (χ3v) is 4.79.